The van der Waals surface area contributed by atoms with Crippen molar-refractivity contribution in [3.63, 3.8) is 0 Å². The average Bonchev–Trinajstić information content (AvgIpc) is 2.18. The Balaban J connectivity index is 2.36. The fourth-order valence-electron chi connectivity index (χ4n) is 1.51. The van der Waals surface area contributed by atoms with Crippen molar-refractivity contribution in [1.82, 2.24) is 0 Å². The molecule has 0 aromatic heterocycles. The summed E-state index contributed by atoms with van der Waals surface area (Å²) in [5.41, 5.74) is 1.41. The van der Waals surface area contributed by atoms with E-state index in [0.717, 1.165) is 11.7 Å². The molecule has 78 valence electrons. The summed E-state index contributed by atoms with van der Waals surface area (Å²) in [4.78, 5) is 0. The summed E-state index contributed by atoms with van der Waals surface area (Å²) < 4.78 is 5.11. The van der Waals surface area contributed by atoms with Gasteiger partial charge in [0.05, 0.1) is 7.11 Å². The Hall–Kier alpha value is -0.980. The Morgan fingerprint density at radius 2 is 1.79 bits per heavy atom. The molecule has 1 aromatic carbocycles. The summed E-state index contributed by atoms with van der Waals surface area (Å²) in [6, 6.07) is 8.37. The van der Waals surface area contributed by atoms with Gasteiger partial charge in [-0.15, -0.1) is 0 Å². The summed E-state index contributed by atoms with van der Waals surface area (Å²) in [5.74, 6) is 1.76. The van der Waals surface area contributed by atoms with Crippen LogP contribution >= 0.6 is 0 Å². The van der Waals surface area contributed by atoms with E-state index in [4.69, 9.17) is 4.74 Å². The van der Waals surface area contributed by atoms with E-state index in [9.17, 15) is 0 Å². The number of hydrogen-bond acceptors (Lipinski definition) is 1. The van der Waals surface area contributed by atoms with Crippen molar-refractivity contribution in [2.24, 2.45) is 5.92 Å². The molecule has 0 bridgehead atoms. The van der Waals surface area contributed by atoms with Crippen LogP contribution in [-0.2, 0) is 6.42 Å². The number of methoxy groups -OCH3 is 1. The largest absolute Gasteiger partial charge is 0.497 e. The molecule has 0 atom stereocenters. The van der Waals surface area contributed by atoms with Crippen LogP contribution < -0.4 is 4.74 Å². The third-order valence-electron chi connectivity index (χ3n) is 2.41. The summed E-state index contributed by atoms with van der Waals surface area (Å²) in [6.45, 7) is 4.54. The van der Waals surface area contributed by atoms with E-state index in [1.165, 1.54) is 24.8 Å². The van der Waals surface area contributed by atoms with Crippen LogP contribution in [0.25, 0.3) is 0 Å². The van der Waals surface area contributed by atoms with E-state index in [1.54, 1.807) is 7.11 Å². The van der Waals surface area contributed by atoms with Crippen molar-refractivity contribution in [2.45, 2.75) is 33.1 Å². The topological polar surface area (TPSA) is 9.23 Å². The van der Waals surface area contributed by atoms with Gasteiger partial charge in [0.1, 0.15) is 5.75 Å². The van der Waals surface area contributed by atoms with Gasteiger partial charge in [0, 0.05) is 0 Å². The zero-order chi connectivity index (χ0) is 10.4. The van der Waals surface area contributed by atoms with Crippen LogP contribution in [0.5, 0.6) is 5.75 Å². The molecule has 0 fully saturated rings. The Kier molecular flexibility index (Phi) is 4.51. The van der Waals surface area contributed by atoms with Gasteiger partial charge in [-0.1, -0.05) is 32.4 Å². The van der Waals surface area contributed by atoms with E-state index >= 15 is 0 Å². The molecule has 14 heavy (non-hydrogen) atoms. The molecule has 0 amide bonds. The zero-order valence-electron chi connectivity index (χ0n) is 9.42. The quantitative estimate of drug-likeness (QED) is 0.691. The van der Waals surface area contributed by atoms with E-state index in [-0.39, 0.29) is 0 Å². The minimum atomic E-state index is 0.813. The van der Waals surface area contributed by atoms with Gasteiger partial charge in [0.25, 0.3) is 0 Å². The maximum absolute atomic E-state index is 5.11. The summed E-state index contributed by atoms with van der Waals surface area (Å²) in [7, 11) is 1.70. The minimum absolute atomic E-state index is 0.813. The predicted molar refractivity (Wildman–Crippen MR) is 60.8 cm³/mol. The van der Waals surface area contributed by atoms with Crippen LogP contribution in [0.15, 0.2) is 24.3 Å². The number of benzene rings is 1. The molecule has 0 aliphatic heterocycles. The van der Waals surface area contributed by atoms with Gasteiger partial charge < -0.3 is 4.74 Å². The highest BCUT2D eigenvalue weighted by Gasteiger charge is 1.97. The van der Waals surface area contributed by atoms with E-state index in [1.807, 2.05) is 12.1 Å². The van der Waals surface area contributed by atoms with Crippen molar-refractivity contribution in [1.29, 1.82) is 0 Å². The molecule has 0 heterocycles. The van der Waals surface area contributed by atoms with Gasteiger partial charge in [-0.3, -0.25) is 0 Å². The van der Waals surface area contributed by atoms with Crippen LogP contribution in [0.1, 0.15) is 32.3 Å². The van der Waals surface area contributed by atoms with Crippen molar-refractivity contribution in [2.75, 3.05) is 7.11 Å². The van der Waals surface area contributed by atoms with Crippen molar-refractivity contribution >= 4 is 0 Å². The lowest BCUT2D eigenvalue weighted by molar-refractivity contribution is 0.414. The van der Waals surface area contributed by atoms with Gasteiger partial charge in [-0.2, -0.15) is 0 Å². The lowest BCUT2D eigenvalue weighted by Gasteiger charge is -2.05. The highest BCUT2D eigenvalue weighted by Crippen LogP contribution is 2.14. The smallest absolute Gasteiger partial charge is 0.118 e. The molecule has 0 aliphatic rings. The fourth-order valence-corrected chi connectivity index (χ4v) is 1.51. The first-order chi connectivity index (χ1) is 6.72. The predicted octanol–water partition coefficient (Wildman–Crippen LogP) is 3.67. The molecule has 0 saturated heterocycles. The van der Waals surface area contributed by atoms with Gasteiger partial charge in [-0.25, -0.2) is 0 Å². The molecule has 0 unspecified atom stereocenters. The molecular weight excluding hydrogens is 172 g/mol. The van der Waals surface area contributed by atoms with Crippen LogP contribution in [-0.4, -0.2) is 7.11 Å². The second-order valence-corrected chi connectivity index (χ2v) is 4.13. The Bertz CT molecular complexity index is 248. The molecule has 1 heteroatoms. The highest BCUT2D eigenvalue weighted by molar-refractivity contribution is 5.27. The van der Waals surface area contributed by atoms with E-state index in [0.29, 0.717) is 0 Å². The maximum atomic E-state index is 5.11. The molecule has 0 spiro atoms. The molecular formula is C13H20O. The maximum Gasteiger partial charge on any atom is 0.118 e. The first kappa shape index (κ1) is 11.1. The number of hydrogen-bond donors (Lipinski definition) is 0. The second-order valence-electron chi connectivity index (χ2n) is 4.13. The van der Waals surface area contributed by atoms with Crippen LogP contribution in [0.4, 0.5) is 0 Å². The van der Waals surface area contributed by atoms with Gasteiger partial charge in [0.15, 0.2) is 0 Å². The van der Waals surface area contributed by atoms with E-state index < -0.39 is 0 Å². The zero-order valence-corrected chi connectivity index (χ0v) is 9.42. The van der Waals surface area contributed by atoms with Gasteiger partial charge in [-0.05, 0) is 36.5 Å². The Morgan fingerprint density at radius 3 is 2.29 bits per heavy atom. The third-order valence-corrected chi connectivity index (χ3v) is 2.41. The van der Waals surface area contributed by atoms with Gasteiger partial charge in [0.2, 0.25) is 0 Å². The molecule has 0 aliphatic carbocycles. The normalized spacial score (nSPS) is 10.6. The molecule has 0 radical (unpaired) electrons. The van der Waals surface area contributed by atoms with Crippen molar-refractivity contribution < 1.29 is 4.74 Å². The number of aryl methyl sites for hydroxylation is 1. The summed E-state index contributed by atoms with van der Waals surface area (Å²) in [6.07, 6.45) is 3.78. The highest BCUT2D eigenvalue weighted by atomic mass is 16.5. The van der Waals surface area contributed by atoms with Crippen LogP contribution in [0.3, 0.4) is 0 Å². The Labute approximate surface area is 87.1 Å². The first-order valence-electron chi connectivity index (χ1n) is 5.35. The molecule has 1 aromatic rings. The summed E-state index contributed by atoms with van der Waals surface area (Å²) in [5, 5.41) is 0. The molecule has 0 N–H and O–H groups in total. The molecule has 0 saturated carbocycles. The monoisotopic (exact) mass is 192 g/mol. The third kappa shape index (κ3) is 3.82. The standard InChI is InChI=1S/C13H20O/c1-11(2)5-4-6-12-7-9-13(14-3)10-8-12/h7-11H,4-6H2,1-3H3. The van der Waals surface area contributed by atoms with Crippen molar-refractivity contribution in [3.8, 4) is 5.75 Å². The SMILES string of the molecule is COc1ccc(CCCC(C)C)cc1. The average molecular weight is 192 g/mol. The minimum Gasteiger partial charge on any atom is -0.497 e. The van der Waals surface area contributed by atoms with Crippen molar-refractivity contribution in [3.05, 3.63) is 29.8 Å². The first-order valence-corrected chi connectivity index (χ1v) is 5.35. The van der Waals surface area contributed by atoms with E-state index in [2.05, 4.69) is 26.0 Å². The molecule has 1 nitrogen and oxygen atoms in total. The summed E-state index contributed by atoms with van der Waals surface area (Å²) >= 11 is 0. The van der Waals surface area contributed by atoms with Gasteiger partial charge >= 0.3 is 0 Å². The number of ether oxygens (including phenoxy) is 1. The van der Waals surface area contributed by atoms with Crippen LogP contribution in [0, 0.1) is 5.92 Å². The molecule has 1 rings (SSSR count). The second kappa shape index (κ2) is 5.69. The Morgan fingerprint density at radius 1 is 1.14 bits per heavy atom. The lowest BCUT2D eigenvalue weighted by Crippen LogP contribution is -1.91. The fraction of sp³-hybridized carbons (Fsp3) is 0.538. The lowest BCUT2D eigenvalue weighted by atomic mass is 10.0. The van der Waals surface area contributed by atoms with Crippen LogP contribution in [0.2, 0.25) is 0 Å². The number of rotatable bonds is 5.